The van der Waals surface area contributed by atoms with E-state index < -0.39 is 0 Å². The molecule has 0 radical (unpaired) electrons. The predicted molar refractivity (Wildman–Crippen MR) is 85.2 cm³/mol. The molecule has 0 fully saturated rings. The van der Waals surface area contributed by atoms with Gasteiger partial charge in [0.2, 0.25) is 0 Å². The molecule has 1 N–H and O–H groups in total. The summed E-state index contributed by atoms with van der Waals surface area (Å²) in [5, 5.41) is 3.54. The molecule has 0 unspecified atom stereocenters. The van der Waals surface area contributed by atoms with E-state index in [0.717, 1.165) is 13.1 Å². The highest BCUT2D eigenvalue weighted by Crippen LogP contribution is 2.29. The smallest absolute Gasteiger partial charge is 0.0276 e. The Morgan fingerprint density at radius 3 is 2.39 bits per heavy atom. The van der Waals surface area contributed by atoms with Gasteiger partial charge in [-0.05, 0) is 24.7 Å². The van der Waals surface area contributed by atoms with Gasteiger partial charge < -0.3 is 5.32 Å². The summed E-state index contributed by atoms with van der Waals surface area (Å²) < 4.78 is 0.403. The van der Waals surface area contributed by atoms with Crippen LogP contribution < -0.4 is 5.32 Å². The molecule has 0 aromatic heterocycles. The number of rotatable bonds is 8. The molecule has 100 valence electrons. The van der Waals surface area contributed by atoms with Gasteiger partial charge in [-0.1, -0.05) is 56.3 Å². The minimum atomic E-state index is 0.403. The van der Waals surface area contributed by atoms with Crippen LogP contribution in [0.5, 0.6) is 0 Å². The number of hydrogen-bond acceptors (Lipinski definition) is 2. The van der Waals surface area contributed by atoms with Crippen molar-refractivity contribution in [2.75, 3.05) is 19.3 Å². The highest BCUT2D eigenvalue weighted by atomic mass is 32.2. The van der Waals surface area contributed by atoms with E-state index in [4.69, 9.17) is 0 Å². The average Bonchev–Trinajstić information content (AvgIpc) is 2.45. The van der Waals surface area contributed by atoms with Gasteiger partial charge in [0, 0.05) is 17.8 Å². The third-order valence-electron chi connectivity index (χ3n) is 3.54. The van der Waals surface area contributed by atoms with Crippen molar-refractivity contribution in [3.8, 4) is 0 Å². The van der Waals surface area contributed by atoms with E-state index in [1.807, 2.05) is 17.8 Å². The van der Waals surface area contributed by atoms with Gasteiger partial charge in [-0.15, -0.1) is 0 Å². The van der Waals surface area contributed by atoms with Crippen molar-refractivity contribution in [1.29, 1.82) is 0 Å². The summed E-state index contributed by atoms with van der Waals surface area (Å²) in [5.74, 6) is 0. The first-order valence-corrected chi connectivity index (χ1v) is 7.96. The summed E-state index contributed by atoms with van der Waals surface area (Å²) in [7, 11) is 0. The molecule has 0 atom stereocenters. The van der Waals surface area contributed by atoms with Crippen LogP contribution in [0.1, 0.15) is 32.3 Å². The fourth-order valence-corrected chi connectivity index (χ4v) is 2.83. The van der Waals surface area contributed by atoms with Crippen molar-refractivity contribution in [2.45, 2.75) is 31.4 Å². The lowest BCUT2D eigenvalue weighted by atomic mass is 10.0. The molecule has 0 aliphatic rings. The van der Waals surface area contributed by atoms with Crippen LogP contribution in [0.15, 0.2) is 36.4 Å². The third kappa shape index (κ3) is 4.87. The van der Waals surface area contributed by atoms with Gasteiger partial charge in [0.15, 0.2) is 0 Å². The molecule has 0 heterocycles. The zero-order chi connectivity index (χ0) is 13.3. The molecule has 0 bridgehead atoms. The van der Waals surface area contributed by atoms with E-state index in [1.54, 1.807) is 0 Å². The minimum absolute atomic E-state index is 0.403. The zero-order valence-corrected chi connectivity index (χ0v) is 12.6. The Hall–Kier alpha value is -0.730. The van der Waals surface area contributed by atoms with Crippen LogP contribution in [0.4, 0.5) is 0 Å². The van der Waals surface area contributed by atoms with E-state index in [9.17, 15) is 0 Å². The van der Waals surface area contributed by atoms with Gasteiger partial charge in [-0.25, -0.2) is 0 Å². The van der Waals surface area contributed by atoms with E-state index in [0.29, 0.717) is 4.75 Å². The molecule has 1 aromatic carbocycles. The van der Waals surface area contributed by atoms with Gasteiger partial charge in [0.25, 0.3) is 0 Å². The normalized spacial score (nSPS) is 12.2. The summed E-state index contributed by atoms with van der Waals surface area (Å²) in [6.07, 6.45) is 9.03. The lowest BCUT2D eigenvalue weighted by molar-refractivity contribution is 0.509. The standard InChI is InChI=1S/C16H25NS/c1-4-16(5-2,18-3)14-17-13-9-12-15-10-7-6-8-11-15/h6-12,17H,4-5,13-14H2,1-3H3/b12-9+. The largest absolute Gasteiger partial charge is 0.312 e. The van der Waals surface area contributed by atoms with Crippen LogP contribution in [0.2, 0.25) is 0 Å². The van der Waals surface area contributed by atoms with Gasteiger partial charge in [-0.2, -0.15) is 11.8 Å². The predicted octanol–water partition coefficient (Wildman–Crippen LogP) is 4.21. The summed E-state index contributed by atoms with van der Waals surface area (Å²) in [6, 6.07) is 10.4. The van der Waals surface area contributed by atoms with Crippen LogP contribution in [0, 0.1) is 0 Å². The van der Waals surface area contributed by atoms with Crippen LogP contribution in [0.25, 0.3) is 6.08 Å². The average molecular weight is 263 g/mol. The molecule has 0 aliphatic heterocycles. The van der Waals surface area contributed by atoms with Gasteiger partial charge in [0.05, 0.1) is 0 Å². The Balaban J connectivity index is 2.32. The van der Waals surface area contributed by atoms with Crippen molar-refractivity contribution in [3.05, 3.63) is 42.0 Å². The summed E-state index contributed by atoms with van der Waals surface area (Å²) in [4.78, 5) is 0. The van der Waals surface area contributed by atoms with Crippen LogP contribution in [-0.4, -0.2) is 24.1 Å². The lowest BCUT2D eigenvalue weighted by Gasteiger charge is -2.29. The third-order valence-corrected chi connectivity index (χ3v) is 5.13. The first-order chi connectivity index (χ1) is 8.76. The molecule has 0 aliphatic carbocycles. The molecule has 0 spiro atoms. The maximum absolute atomic E-state index is 3.54. The van der Waals surface area contributed by atoms with Crippen LogP contribution in [-0.2, 0) is 0 Å². The summed E-state index contributed by atoms with van der Waals surface area (Å²) >= 11 is 1.99. The Bertz CT molecular complexity index is 333. The molecule has 1 aromatic rings. The first-order valence-electron chi connectivity index (χ1n) is 6.74. The fourth-order valence-electron chi connectivity index (χ4n) is 2.00. The zero-order valence-electron chi connectivity index (χ0n) is 11.8. The van der Waals surface area contributed by atoms with E-state index >= 15 is 0 Å². The molecule has 0 amide bonds. The Labute approximate surface area is 116 Å². The number of benzene rings is 1. The van der Waals surface area contributed by atoms with Crippen molar-refractivity contribution < 1.29 is 0 Å². The molecule has 0 saturated carbocycles. The second-order valence-electron chi connectivity index (χ2n) is 4.54. The monoisotopic (exact) mass is 263 g/mol. The quantitative estimate of drug-likeness (QED) is 0.705. The second kappa shape index (κ2) is 8.39. The Morgan fingerprint density at radius 2 is 1.83 bits per heavy atom. The number of nitrogens with one attached hydrogen (secondary N) is 1. The Morgan fingerprint density at radius 1 is 1.17 bits per heavy atom. The molecule has 2 heteroatoms. The highest BCUT2D eigenvalue weighted by molar-refractivity contribution is 8.00. The number of hydrogen-bond donors (Lipinski definition) is 1. The summed E-state index contributed by atoms with van der Waals surface area (Å²) in [5.41, 5.74) is 1.27. The molecule has 1 rings (SSSR count). The van der Waals surface area contributed by atoms with Gasteiger partial charge in [0.1, 0.15) is 0 Å². The number of thioether (sulfide) groups is 1. The van der Waals surface area contributed by atoms with Gasteiger partial charge in [-0.3, -0.25) is 0 Å². The van der Waals surface area contributed by atoms with E-state index in [2.05, 4.69) is 61.8 Å². The molecule has 18 heavy (non-hydrogen) atoms. The fraction of sp³-hybridized carbons (Fsp3) is 0.500. The van der Waals surface area contributed by atoms with E-state index in [-0.39, 0.29) is 0 Å². The van der Waals surface area contributed by atoms with Crippen molar-refractivity contribution in [3.63, 3.8) is 0 Å². The van der Waals surface area contributed by atoms with Crippen LogP contribution >= 0.6 is 11.8 Å². The maximum atomic E-state index is 3.54. The van der Waals surface area contributed by atoms with Crippen molar-refractivity contribution >= 4 is 17.8 Å². The second-order valence-corrected chi connectivity index (χ2v) is 5.81. The highest BCUT2D eigenvalue weighted by Gasteiger charge is 2.23. The topological polar surface area (TPSA) is 12.0 Å². The molecule has 0 saturated heterocycles. The Kier molecular flexibility index (Phi) is 7.14. The minimum Gasteiger partial charge on any atom is -0.312 e. The first kappa shape index (κ1) is 15.3. The van der Waals surface area contributed by atoms with Crippen molar-refractivity contribution in [1.82, 2.24) is 5.32 Å². The molecule has 1 nitrogen and oxygen atoms in total. The van der Waals surface area contributed by atoms with Gasteiger partial charge >= 0.3 is 0 Å². The van der Waals surface area contributed by atoms with E-state index in [1.165, 1.54) is 18.4 Å². The molecular weight excluding hydrogens is 238 g/mol. The lowest BCUT2D eigenvalue weighted by Crippen LogP contribution is -2.36. The molecular formula is C16H25NS. The SMILES string of the molecule is CCC(CC)(CNC/C=C/c1ccccc1)SC. The van der Waals surface area contributed by atoms with Crippen LogP contribution in [0.3, 0.4) is 0 Å². The maximum Gasteiger partial charge on any atom is 0.0276 e. The van der Waals surface area contributed by atoms with Crippen molar-refractivity contribution in [2.24, 2.45) is 0 Å². The summed E-state index contributed by atoms with van der Waals surface area (Å²) in [6.45, 7) is 6.58.